The van der Waals surface area contributed by atoms with Gasteiger partial charge in [0.05, 0.1) is 6.07 Å². The third-order valence-electron chi connectivity index (χ3n) is 5.17. The number of nitrogens with one attached hydrogen (secondary N) is 1. The van der Waals surface area contributed by atoms with Gasteiger partial charge < -0.3 is 4.90 Å². The van der Waals surface area contributed by atoms with Gasteiger partial charge in [-0.1, -0.05) is 0 Å². The molecule has 3 fully saturated rings. The summed E-state index contributed by atoms with van der Waals surface area (Å²) in [5, 5.41) is 12.9. The first-order chi connectivity index (χ1) is 10.2. The van der Waals surface area contributed by atoms with E-state index < -0.39 is 0 Å². The Morgan fingerprint density at radius 3 is 2.14 bits per heavy atom. The van der Waals surface area contributed by atoms with Crippen molar-refractivity contribution < 1.29 is 0 Å². The van der Waals surface area contributed by atoms with Crippen LogP contribution in [0.15, 0.2) is 0 Å². The van der Waals surface area contributed by atoms with Gasteiger partial charge >= 0.3 is 0 Å². The van der Waals surface area contributed by atoms with Gasteiger partial charge in [0, 0.05) is 19.1 Å². The predicted molar refractivity (Wildman–Crippen MR) is 85.9 cm³/mol. The van der Waals surface area contributed by atoms with E-state index in [9.17, 15) is 5.26 Å². The second-order valence-electron chi connectivity index (χ2n) is 7.97. The van der Waals surface area contributed by atoms with Crippen LogP contribution in [0.4, 0.5) is 0 Å². The maximum absolute atomic E-state index is 9.40. The molecule has 0 aromatic rings. The van der Waals surface area contributed by atoms with E-state index in [1.165, 1.54) is 71.0 Å². The predicted octanol–water partition coefficient (Wildman–Crippen LogP) is 3.31. The van der Waals surface area contributed by atoms with E-state index in [-0.39, 0.29) is 5.54 Å². The van der Waals surface area contributed by atoms with Crippen LogP contribution in [-0.4, -0.2) is 36.1 Å². The van der Waals surface area contributed by atoms with Gasteiger partial charge in [-0.05, 0) is 83.1 Å². The van der Waals surface area contributed by atoms with Crippen LogP contribution in [0.5, 0.6) is 0 Å². The van der Waals surface area contributed by atoms with Crippen molar-refractivity contribution in [2.75, 3.05) is 19.6 Å². The van der Waals surface area contributed by atoms with E-state index in [2.05, 4.69) is 23.2 Å². The van der Waals surface area contributed by atoms with E-state index in [1.54, 1.807) is 0 Å². The van der Waals surface area contributed by atoms with Crippen LogP contribution in [0.1, 0.15) is 64.7 Å². The summed E-state index contributed by atoms with van der Waals surface area (Å²) in [7, 11) is 0. The SMILES string of the molecule is CC(C#N)(CCCCN(CC1CC1)CC1CC1)NC1CC1. The highest BCUT2D eigenvalue weighted by molar-refractivity contribution is 5.06. The smallest absolute Gasteiger partial charge is 0.104 e. The molecule has 3 aliphatic carbocycles. The Bertz CT molecular complexity index is 362. The Balaban J connectivity index is 1.33. The zero-order valence-corrected chi connectivity index (χ0v) is 13.6. The molecule has 0 aliphatic heterocycles. The van der Waals surface area contributed by atoms with Crippen molar-refractivity contribution in [2.45, 2.75) is 76.3 Å². The highest BCUT2D eigenvalue weighted by Crippen LogP contribution is 2.34. The Morgan fingerprint density at radius 1 is 1.05 bits per heavy atom. The Morgan fingerprint density at radius 2 is 1.67 bits per heavy atom. The molecule has 0 radical (unpaired) electrons. The van der Waals surface area contributed by atoms with Crippen molar-refractivity contribution in [2.24, 2.45) is 11.8 Å². The zero-order chi connectivity index (χ0) is 14.7. The third kappa shape index (κ3) is 5.60. The summed E-state index contributed by atoms with van der Waals surface area (Å²) in [5.74, 6) is 2.01. The minimum Gasteiger partial charge on any atom is -0.303 e. The first-order valence-corrected chi connectivity index (χ1v) is 9.08. The number of hydrogen-bond acceptors (Lipinski definition) is 3. The molecule has 1 atom stereocenters. The lowest BCUT2D eigenvalue weighted by molar-refractivity contribution is 0.243. The van der Waals surface area contributed by atoms with Gasteiger partial charge in [0.15, 0.2) is 0 Å². The Hall–Kier alpha value is -0.590. The minimum absolute atomic E-state index is 0.293. The lowest BCUT2D eigenvalue weighted by Crippen LogP contribution is -2.42. The molecular formula is C18H31N3. The van der Waals surface area contributed by atoms with Crippen LogP contribution in [0.2, 0.25) is 0 Å². The van der Waals surface area contributed by atoms with Crippen LogP contribution in [-0.2, 0) is 0 Å². The molecule has 0 saturated heterocycles. The highest BCUT2D eigenvalue weighted by Gasteiger charge is 2.32. The molecule has 0 heterocycles. The molecule has 3 nitrogen and oxygen atoms in total. The van der Waals surface area contributed by atoms with Crippen LogP contribution >= 0.6 is 0 Å². The molecule has 3 aliphatic rings. The fourth-order valence-corrected chi connectivity index (χ4v) is 3.24. The van der Waals surface area contributed by atoms with Gasteiger partial charge in [-0.2, -0.15) is 5.26 Å². The lowest BCUT2D eigenvalue weighted by atomic mass is 9.96. The molecule has 0 bridgehead atoms. The second kappa shape index (κ2) is 6.67. The molecule has 3 rings (SSSR count). The van der Waals surface area contributed by atoms with Crippen molar-refractivity contribution in [3.63, 3.8) is 0 Å². The molecule has 1 unspecified atom stereocenters. The first-order valence-electron chi connectivity index (χ1n) is 9.08. The lowest BCUT2D eigenvalue weighted by Gasteiger charge is -2.25. The fraction of sp³-hybridized carbons (Fsp3) is 0.944. The third-order valence-corrected chi connectivity index (χ3v) is 5.17. The molecule has 0 spiro atoms. The van der Waals surface area contributed by atoms with Crippen LogP contribution in [0.25, 0.3) is 0 Å². The maximum Gasteiger partial charge on any atom is 0.104 e. The maximum atomic E-state index is 9.40. The zero-order valence-electron chi connectivity index (χ0n) is 13.6. The number of rotatable bonds is 11. The Labute approximate surface area is 130 Å². The van der Waals surface area contributed by atoms with Gasteiger partial charge in [0.1, 0.15) is 5.54 Å². The minimum atomic E-state index is -0.293. The van der Waals surface area contributed by atoms with Crippen LogP contribution in [0.3, 0.4) is 0 Å². The highest BCUT2D eigenvalue weighted by atomic mass is 15.1. The quantitative estimate of drug-likeness (QED) is 0.593. The topological polar surface area (TPSA) is 39.1 Å². The summed E-state index contributed by atoms with van der Waals surface area (Å²) < 4.78 is 0. The monoisotopic (exact) mass is 289 g/mol. The number of nitrogens with zero attached hydrogens (tertiary/aromatic N) is 2. The van der Waals surface area contributed by atoms with Crippen LogP contribution in [0, 0.1) is 23.2 Å². The van der Waals surface area contributed by atoms with E-state index in [0.29, 0.717) is 6.04 Å². The summed E-state index contributed by atoms with van der Waals surface area (Å²) in [6.07, 6.45) is 11.8. The van der Waals surface area contributed by atoms with Crippen molar-refractivity contribution in [3.05, 3.63) is 0 Å². The molecule has 3 heteroatoms. The van der Waals surface area contributed by atoms with Crippen molar-refractivity contribution in [1.82, 2.24) is 10.2 Å². The fourth-order valence-electron chi connectivity index (χ4n) is 3.24. The van der Waals surface area contributed by atoms with Gasteiger partial charge in [0.25, 0.3) is 0 Å². The normalized spacial score (nSPS) is 24.8. The van der Waals surface area contributed by atoms with Crippen molar-refractivity contribution in [3.8, 4) is 6.07 Å². The van der Waals surface area contributed by atoms with Gasteiger partial charge in [-0.3, -0.25) is 5.32 Å². The van der Waals surface area contributed by atoms with Gasteiger partial charge in [-0.25, -0.2) is 0 Å². The average molecular weight is 289 g/mol. The van der Waals surface area contributed by atoms with Crippen molar-refractivity contribution in [1.29, 1.82) is 5.26 Å². The number of unbranched alkanes of at least 4 members (excludes halogenated alkanes) is 1. The van der Waals surface area contributed by atoms with Gasteiger partial charge in [-0.15, -0.1) is 0 Å². The molecule has 21 heavy (non-hydrogen) atoms. The average Bonchev–Trinajstić information content (AvgIpc) is 3.29. The number of nitriles is 1. The van der Waals surface area contributed by atoms with E-state index in [1.807, 2.05) is 0 Å². The van der Waals surface area contributed by atoms with E-state index in [4.69, 9.17) is 0 Å². The molecule has 118 valence electrons. The Kier molecular flexibility index (Phi) is 4.86. The van der Waals surface area contributed by atoms with E-state index >= 15 is 0 Å². The van der Waals surface area contributed by atoms with Gasteiger partial charge in [0.2, 0.25) is 0 Å². The summed E-state index contributed by atoms with van der Waals surface area (Å²) in [4.78, 5) is 2.72. The summed E-state index contributed by atoms with van der Waals surface area (Å²) in [5.41, 5.74) is -0.293. The molecule has 0 aromatic heterocycles. The summed E-state index contributed by atoms with van der Waals surface area (Å²) in [6, 6.07) is 3.12. The molecule has 3 saturated carbocycles. The second-order valence-corrected chi connectivity index (χ2v) is 7.97. The summed E-state index contributed by atoms with van der Waals surface area (Å²) in [6.45, 7) is 6.01. The van der Waals surface area contributed by atoms with Crippen LogP contribution < -0.4 is 5.32 Å². The summed E-state index contributed by atoms with van der Waals surface area (Å²) >= 11 is 0. The molecule has 0 amide bonds. The van der Waals surface area contributed by atoms with E-state index in [0.717, 1.165) is 18.3 Å². The number of hydrogen-bond donors (Lipinski definition) is 1. The standard InChI is InChI=1S/C18H31N3/c1-18(14-19,20-17-8-9-17)10-2-3-11-21(12-15-4-5-15)13-16-6-7-16/h15-17,20H,2-13H2,1H3. The molecule has 1 N–H and O–H groups in total. The molecular weight excluding hydrogens is 258 g/mol. The molecule has 0 aromatic carbocycles. The van der Waals surface area contributed by atoms with Crippen molar-refractivity contribution >= 4 is 0 Å². The largest absolute Gasteiger partial charge is 0.303 e. The first kappa shape index (κ1) is 15.3.